The second-order valence-electron chi connectivity index (χ2n) is 8.00. The topological polar surface area (TPSA) is 53.5 Å². The first-order valence-electron chi connectivity index (χ1n) is 9.63. The van der Waals surface area contributed by atoms with Gasteiger partial charge in [0, 0.05) is 38.1 Å². The molecule has 0 unspecified atom stereocenters. The Kier molecular flexibility index (Phi) is 4.48. The van der Waals surface area contributed by atoms with E-state index in [1.165, 1.54) is 19.3 Å². The first-order valence-corrected chi connectivity index (χ1v) is 9.63. The third kappa shape index (κ3) is 3.29. The Hall–Kier alpha value is -1.91. The van der Waals surface area contributed by atoms with Crippen LogP contribution in [0.3, 0.4) is 0 Å². The smallest absolute Gasteiger partial charge is 0.230 e. The molecule has 5 heteroatoms. The van der Waals surface area contributed by atoms with Gasteiger partial charge >= 0.3 is 0 Å². The summed E-state index contributed by atoms with van der Waals surface area (Å²) < 4.78 is 0. The number of nitrogens with zero attached hydrogens (tertiary/aromatic N) is 3. The van der Waals surface area contributed by atoms with Gasteiger partial charge in [-0.25, -0.2) is 0 Å². The van der Waals surface area contributed by atoms with E-state index in [0.717, 1.165) is 38.0 Å². The Morgan fingerprint density at radius 3 is 2.80 bits per heavy atom. The highest BCUT2D eigenvalue weighted by molar-refractivity contribution is 5.86. The zero-order valence-electron chi connectivity index (χ0n) is 14.8. The van der Waals surface area contributed by atoms with Crippen LogP contribution < -0.4 is 0 Å². The summed E-state index contributed by atoms with van der Waals surface area (Å²) in [4.78, 5) is 34.0. The second-order valence-corrected chi connectivity index (χ2v) is 8.00. The number of amides is 2. The Morgan fingerprint density at radius 2 is 2.08 bits per heavy atom. The summed E-state index contributed by atoms with van der Waals surface area (Å²) in [5.74, 6) is 1.11. The summed E-state index contributed by atoms with van der Waals surface area (Å²) in [6, 6.07) is 5.65. The lowest BCUT2D eigenvalue weighted by Crippen LogP contribution is -2.52. The summed E-state index contributed by atoms with van der Waals surface area (Å²) in [7, 11) is 0. The highest BCUT2D eigenvalue weighted by Gasteiger charge is 2.49. The number of pyridine rings is 1. The van der Waals surface area contributed by atoms with E-state index in [-0.39, 0.29) is 11.3 Å². The van der Waals surface area contributed by atoms with Gasteiger partial charge in [0.1, 0.15) is 0 Å². The maximum absolute atomic E-state index is 13.1. The molecule has 0 N–H and O–H groups in total. The fourth-order valence-electron chi connectivity index (χ4n) is 4.55. The predicted octanol–water partition coefficient (Wildman–Crippen LogP) is 2.27. The van der Waals surface area contributed by atoms with Gasteiger partial charge in [0.05, 0.1) is 11.8 Å². The average molecular weight is 341 g/mol. The van der Waals surface area contributed by atoms with Crippen LogP contribution in [0.4, 0.5) is 0 Å². The molecule has 4 rings (SSSR count). The largest absolute Gasteiger partial charge is 0.342 e. The second kappa shape index (κ2) is 6.77. The van der Waals surface area contributed by atoms with Crippen molar-refractivity contribution in [2.45, 2.75) is 44.9 Å². The highest BCUT2D eigenvalue weighted by Crippen LogP contribution is 2.41. The van der Waals surface area contributed by atoms with Crippen LogP contribution in [-0.2, 0) is 16.0 Å². The zero-order chi connectivity index (χ0) is 17.3. The lowest BCUT2D eigenvalue weighted by atomic mass is 9.77. The molecule has 1 atom stereocenters. The first-order chi connectivity index (χ1) is 12.2. The molecule has 2 saturated heterocycles. The molecule has 2 aliphatic heterocycles. The van der Waals surface area contributed by atoms with Gasteiger partial charge in [0.2, 0.25) is 11.8 Å². The van der Waals surface area contributed by atoms with Crippen LogP contribution >= 0.6 is 0 Å². The number of piperidine rings is 1. The van der Waals surface area contributed by atoms with Crippen molar-refractivity contribution in [3.05, 3.63) is 30.1 Å². The lowest BCUT2D eigenvalue weighted by molar-refractivity contribution is -0.147. The minimum Gasteiger partial charge on any atom is -0.342 e. The third-order valence-electron chi connectivity index (χ3n) is 6.29. The molecule has 3 fully saturated rings. The van der Waals surface area contributed by atoms with Crippen molar-refractivity contribution in [2.75, 3.05) is 26.2 Å². The van der Waals surface area contributed by atoms with Crippen LogP contribution in [0.5, 0.6) is 0 Å². The normalized spacial score (nSPS) is 27.0. The van der Waals surface area contributed by atoms with Crippen molar-refractivity contribution >= 4 is 11.8 Å². The van der Waals surface area contributed by atoms with Gasteiger partial charge in [-0.1, -0.05) is 12.5 Å². The maximum atomic E-state index is 13.1. The van der Waals surface area contributed by atoms with Crippen molar-refractivity contribution < 1.29 is 9.59 Å². The molecule has 2 amide bonds. The van der Waals surface area contributed by atoms with E-state index in [1.807, 2.05) is 23.1 Å². The monoisotopic (exact) mass is 341 g/mol. The number of aromatic nitrogens is 1. The SMILES string of the molecule is O=C(Cc1ccccn1)N1CC[C@@]2(CCCN(CC3CCC3)C2=O)C1. The molecule has 1 saturated carbocycles. The molecular formula is C20H27N3O2. The number of hydrogen-bond acceptors (Lipinski definition) is 3. The number of carbonyl (C=O) groups excluding carboxylic acids is 2. The molecule has 1 aliphatic carbocycles. The number of carbonyl (C=O) groups is 2. The van der Waals surface area contributed by atoms with E-state index in [2.05, 4.69) is 9.88 Å². The van der Waals surface area contributed by atoms with Gasteiger partial charge in [-0.3, -0.25) is 14.6 Å². The van der Waals surface area contributed by atoms with Crippen LogP contribution in [0.1, 0.15) is 44.2 Å². The number of likely N-dealkylation sites (tertiary alicyclic amines) is 2. The molecular weight excluding hydrogens is 314 g/mol. The van der Waals surface area contributed by atoms with E-state index in [4.69, 9.17) is 0 Å². The van der Waals surface area contributed by atoms with Crippen molar-refractivity contribution in [3.63, 3.8) is 0 Å². The van der Waals surface area contributed by atoms with Gasteiger partial charge in [-0.2, -0.15) is 0 Å². The van der Waals surface area contributed by atoms with Crippen molar-refractivity contribution in [1.29, 1.82) is 0 Å². The minimum atomic E-state index is -0.318. The predicted molar refractivity (Wildman–Crippen MR) is 94.7 cm³/mol. The third-order valence-corrected chi connectivity index (χ3v) is 6.29. The van der Waals surface area contributed by atoms with Gasteiger partial charge < -0.3 is 9.80 Å². The molecule has 134 valence electrons. The molecule has 25 heavy (non-hydrogen) atoms. The molecule has 0 aromatic carbocycles. The van der Waals surface area contributed by atoms with Gasteiger partial charge in [-0.15, -0.1) is 0 Å². The summed E-state index contributed by atoms with van der Waals surface area (Å²) in [5.41, 5.74) is 0.483. The zero-order valence-corrected chi connectivity index (χ0v) is 14.8. The molecule has 0 radical (unpaired) electrons. The van der Waals surface area contributed by atoms with Gasteiger partial charge in [-0.05, 0) is 50.2 Å². The summed E-state index contributed by atoms with van der Waals surface area (Å²) in [6.07, 6.45) is 8.72. The Labute approximate surface area is 149 Å². The van der Waals surface area contributed by atoms with Crippen molar-refractivity contribution in [2.24, 2.45) is 11.3 Å². The van der Waals surface area contributed by atoms with Crippen LogP contribution in [0.2, 0.25) is 0 Å². The van der Waals surface area contributed by atoms with Crippen LogP contribution in [0.15, 0.2) is 24.4 Å². The fraction of sp³-hybridized carbons (Fsp3) is 0.650. The molecule has 1 aromatic heterocycles. The quantitative estimate of drug-likeness (QED) is 0.844. The Balaban J connectivity index is 1.39. The van der Waals surface area contributed by atoms with Gasteiger partial charge in [0.25, 0.3) is 0 Å². The van der Waals surface area contributed by atoms with E-state index < -0.39 is 0 Å². The Morgan fingerprint density at radius 1 is 1.20 bits per heavy atom. The summed E-state index contributed by atoms with van der Waals surface area (Å²) in [5, 5.41) is 0. The maximum Gasteiger partial charge on any atom is 0.230 e. The Bertz CT molecular complexity index is 644. The number of rotatable bonds is 4. The first kappa shape index (κ1) is 16.6. The lowest BCUT2D eigenvalue weighted by Gasteiger charge is -2.42. The summed E-state index contributed by atoms with van der Waals surface area (Å²) in [6.45, 7) is 3.13. The molecule has 1 aromatic rings. The average Bonchev–Trinajstić information content (AvgIpc) is 3.01. The van der Waals surface area contributed by atoms with E-state index >= 15 is 0 Å². The number of hydrogen-bond donors (Lipinski definition) is 0. The fourth-order valence-corrected chi connectivity index (χ4v) is 4.55. The molecule has 3 heterocycles. The minimum absolute atomic E-state index is 0.0968. The van der Waals surface area contributed by atoms with Crippen LogP contribution in [0.25, 0.3) is 0 Å². The summed E-state index contributed by atoms with van der Waals surface area (Å²) >= 11 is 0. The van der Waals surface area contributed by atoms with E-state index in [1.54, 1.807) is 6.20 Å². The molecule has 1 spiro atoms. The van der Waals surface area contributed by atoms with Crippen molar-refractivity contribution in [1.82, 2.24) is 14.8 Å². The van der Waals surface area contributed by atoms with E-state index in [0.29, 0.717) is 31.3 Å². The van der Waals surface area contributed by atoms with E-state index in [9.17, 15) is 9.59 Å². The van der Waals surface area contributed by atoms with Gasteiger partial charge in [0.15, 0.2) is 0 Å². The highest BCUT2D eigenvalue weighted by atomic mass is 16.2. The molecule has 3 aliphatic rings. The van der Waals surface area contributed by atoms with Crippen LogP contribution in [0, 0.1) is 11.3 Å². The molecule has 5 nitrogen and oxygen atoms in total. The molecule has 0 bridgehead atoms. The van der Waals surface area contributed by atoms with Crippen molar-refractivity contribution in [3.8, 4) is 0 Å². The standard InChI is InChI=1S/C20H27N3O2/c24-18(13-17-7-1-2-10-21-17)23-12-9-20(15-23)8-4-11-22(19(20)25)14-16-5-3-6-16/h1-2,7,10,16H,3-6,8-9,11-15H2/t20-/m0/s1. The van der Waals surface area contributed by atoms with Crippen LogP contribution in [-0.4, -0.2) is 52.8 Å².